The number of nitrogens with zero attached hydrogens (tertiary/aromatic N) is 2. The molecule has 1 aliphatic rings. The Morgan fingerprint density at radius 1 is 0.471 bits per heavy atom. The Hall–Kier alpha value is -6.38. The Balaban J connectivity index is 1.65. The molecule has 0 radical (unpaired) electrons. The fourth-order valence-electron chi connectivity index (χ4n) is 5.43. The first-order valence-electron chi connectivity index (χ1n) is 33.6. The molecule has 0 amide bonds. The lowest BCUT2D eigenvalue weighted by molar-refractivity contribution is 0.632. The van der Waals surface area contributed by atoms with E-state index in [0.29, 0.717) is 0 Å². The van der Waals surface area contributed by atoms with Crippen LogP contribution in [-0.2, 0) is 5.41 Å². The summed E-state index contributed by atoms with van der Waals surface area (Å²) in [4.78, 5) is 0.482. The molecule has 0 fully saturated rings. The van der Waals surface area contributed by atoms with Crippen LogP contribution in [0.1, 0.15) is 76.9 Å². The molecule has 0 bridgehead atoms. The van der Waals surface area contributed by atoms with Gasteiger partial charge < -0.3 is 9.80 Å². The largest absolute Gasteiger partial charge is 0.311 e. The quantitative estimate of drug-likeness (QED) is 0.171. The van der Waals surface area contributed by atoms with E-state index < -0.39 is 291 Å². The monoisotopic (exact) mass is 693 g/mol. The van der Waals surface area contributed by atoms with Crippen LogP contribution in [0.3, 0.4) is 0 Å². The minimum absolute atomic E-state index is 0.234. The minimum Gasteiger partial charge on any atom is -0.311 e. The van der Waals surface area contributed by atoms with Crippen LogP contribution in [0.2, 0.25) is 0 Å². The smallest absolute Gasteiger partial charge is 0.0652 e. The second-order valence-electron chi connectivity index (χ2n) is 10.5. The zero-order valence-electron chi connectivity index (χ0n) is 63.4. The molecule has 0 N–H and O–H groups in total. The van der Waals surface area contributed by atoms with Crippen LogP contribution < -0.4 is 9.80 Å². The van der Waals surface area contributed by atoms with Crippen LogP contribution >= 0.6 is 0 Å². The van der Waals surface area contributed by atoms with Crippen LogP contribution in [0.5, 0.6) is 0 Å². The first kappa shape index (κ1) is 10.3. The number of hydrogen-bond acceptors (Lipinski definition) is 2. The van der Waals surface area contributed by atoms with Gasteiger partial charge in [-0.2, -0.15) is 0 Å². The van der Waals surface area contributed by atoms with Crippen LogP contribution in [0, 0.1) is 0 Å². The van der Waals surface area contributed by atoms with Crippen LogP contribution in [0.4, 0.5) is 34.1 Å². The maximum absolute atomic E-state index is 10.2. The number of hydrogen-bond donors (Lipinski definition) is 0. The van der Waals surface area contributed by atoms with Gasteiger partial charge in [0.2, 0.25) is 0 Å². The molecule has 0 aromatic heterocycles. The predicted octanol–water partition coefficient (Wildman–Crippen LogP) is 13.8. The van der Waals surface area contributed by atoms with E-state index in [4.69, 9.17) is 35.6 Å². The summed E-state index contributed by atoms with van der Waals surface area (Å²) in [5, 5.41) is -2.20. The molecule has 0 spiro atoms. The summed E-state index contributed by atoms with van der Waals surface area (Å²) in [6, 6.07) is -41.4. The first-order valence-corrected chi connectivity index (χ1v) is 14.6. The van der Waals surface area contributed by atoms with Gasteiger partial charge in [0.1, 0.15) is 0 Å². The highest BCUT2D eigenvalue weighted by Gasteiger charge is 2.38. The van der Waals surface area contributed by atoms with E-state index in [2.05, 4.69) is 0 Å². The Bertz CT molecular complexity index is 4360. The van der Waals surface area contributed by atoms with Gasteiger partial charge in [0.05, 0.1) is 60.9 Å². The molecule has 1 heterocycles. The van der Waals surface area contributed by atoms with E-state index in [0.717, 1.165) is 0 Å². The topological polar surface area (TPSA) is 6.48 Å². The van der Waals surface area contributed by atoms with Crippen molar-refractivity contribution in [3.8, 4) is 22.3 Å². The number of fused-ring (bicyclic) bond motifs is 3. The molecule has 8 aromatic carbocycles. The predicted molar refractivity (Wildman–Crippen MR) is 216 cm³/mol. The molecule has 8 aromatic rings. The SMILES string of the molecule is [2H]c1c([2H])c([2H])c(-c2c([2H])c([2H])c3c(c2[2H])N(c2c(-c4c([2H])c([2H])c(N(c5c([2H])c([2H])c([2H])c([2H])c5[2H])c5c([2H])c([2H])c([2H])c([2H])c5[2H])c([2H])c4[2H])c([2H])c([2H])c4c([2H])c([2H])c([2H])c([2H])c24)c2c([2H])c([2H])c([2H])c([2H])c2C3(C([2H])([2H])[2H])C([2H])([2H])[2H])c([2H])c1[2H]. The lowest BCUT2D eigenvalue weighted by Crippen LogP contribution is -2.31. The molecule has 2 heteroatoms. The average Bonchev–Trinajstić information content (AvgIpc) is 0.663. The Kier molecular flexibility index (Phi) is 2.53. The lowest BCUT2D eigenvalue weighted by atomic mass is 9.73. The van der Waals surface area contributed by atoms with Crippen molar-refractivity contribution >= 4 is 44.9 Å². The van der Waals surface area contributed by atoms with Crippen molar-refractivity contribution in [3.05, 3.63) is 204 Å². The summed E-state index contributed by atoms with van der Waals surface area (Å²) < 4.78 is 346. The minimum atomic E-state index is -4.26. The van der Waals surface area contributed by atoms with E-state index in [1.165, 1.54) is 0 Å². The van der Waals surface area contributed by atoms with E-state index in [1.807, 2.05) is 0 Å². The number of rotatable bonds is 6. The lowest BCUT2D eigenvalue weighted by Gasteiger charge is -2.43. The molecule has 0 aliphatic carbocycles. The standard InChI is InChI=1S/C49H38N2/c1-49(2)44-24-14-15-25-46(44)51(47-34-38(29-33-45(47)49)35-16-6-3-7-17-35)48-42-23-13-12-18-36(42)28-32-43(48)37-26-30-41(31-27-37)50(39-19-8-4-9-20-39)40-21-10-5-11-22-40/h3-34H,1-2H3/i1D3,2D3,3D,4D,5D,6D,7D,8D,9D,10D,11D,12D,13D,14D,15D,16D,17D,18D,19D,20D,21D,22D,23D,24D,25D,26D,27D,28D,29D,30D,31D,32D,33D,34D. The average molecular weight is 693 g/mol. The van der Waals surface area contributed by atoms with Crippen molar-refractivity contribution in [2.24, 2.45) is 0 Å². The van der Waals surface area contributed by atoms with Crippen molar-refractivity contribution in [1.82, 2.24) is 0 Å². The van der Waals surface area contributed by atoms with E-state index in [-0.39, 0.29) is 9.80 Å². The molecule has 244 valence electrons. The normalized spacial score (nSPS) is 24.0. The summed E-state index contributed by atoms with van der Waals surface area (Å²) in [6.07, 6.45) is 0. The summed E-state index contributed by atoms with van der Waals surface area (Å²) in [7, 11) is 0. The third-order valence-corrected chi connectivity index (χ3v) is 7.61. The van der Waals surface area contributed by atoms with Crippen LogP contribution in [0.15, 0.2) is 193 Å². The van der Waals surface area contributed by atoms with Crippen molar-refractivity contribution < 1.29 is 52.1 Å². The molecule has 51 heavy (non-hydrogen) atoms. The number of anilines is 6. The summed E-state index contributed by atoms with van der Waals surface area (Å²) in [5.74, 6) is 0. The second kappa shape index (κ2) is 12.5. The summed E-state index contributed by atoms with van der Waals surface area (Å²) in [6.45, 7) is -8.52. The van der Waals surface area contributed by atoms with Crippen molar-refractivity contribution in [1.29, 1.82) is 0 Å². The van der Waals surface area contributed by atoms with E-state index >= 15 is 0 Å². The molecule has 0 saturated carbocycles. The van der Waals surface area contributed by atoms with Gasteiger partial charge in [-0.3, -0.25) is 0 Å². The molecule has 1 aliphatic heterocycles. The molecule has 0 unspecified atom stereocenters. The van der Waals surface area contributed by atoms with Gasteiger partial charge in [0, 0.05) is 41.7 Å². The van der Waals surface area contributed by atoms with Crippen molar-refractivity contribution in [2.75, 3.05) is 9.80 Å². The molecular weight excluding hydrogens is 617 g/mol. The fourth-order valence-corrected chi connectivity index (χ4v) is 5.43. The van der Waals surface area contributed by atoms with Gasteiger partial charge in [0.25, 0.3) is 0 Å². The van der Waals surface area contributed by atoms with Gasteiger partial charge in [0.15, 0.2) is 0 Å². The molecule has 2 nitrogen and oxygen atoms in total. The van der Waals surface area contributed by atoms with E-state index in [1.54, 1.807) is 0 Å². The third-order valence-electron chi connectivity index (χ3n) is 7.61. The highest BCUT2D eigenvalue weighted by Crippen LogP contribution is 2.55. The van der Waals surface area contributed by atoms with Crippen LogP contribution in [-0.4, -0.2) is 0 Å². The van der Waals surface area contributed by atoms with Gasteiger partial charge in [-0.25, -0.2) is 0 Å². The summed E-state index contributed by atoms with van der Waals surface area (Å²) >= 11 is 0. The fraction of sp³-hybridized carbons (Fsp3) is 0.0612. The van der Waals surface area contributed by atoms with Gasteiger partial charge in [-0.1, -0.05) is 159 Å². The van der Waals surface area contributed by atoms with Gasteiger partial charge >= 0.3 is 0 Å². The Morgan fingerprint density at radius 2 is 1.04 bits per heavy atom. The molecular formula is C49H38N2. The van der Waals surface area contributed by atoms with Gasteiger partial charge in [-0.15, -0.1) is 0 Å². The van der Waals surface area contributed by atoms with Crippen molar-refractivity contribution in [3.63, 3.8) is 0 Å². The molecule has 0 saturated heterocycles. The highest BCUT2D eigenvalue weighted by atomic mass is 15.2. The number of benzene rings is 8. The van der Waals surface area contributed by atoms with Crippen LogP contribution in [0.25, 0.3) is 33.0 Å². The third kappa shape index (κ3) is 5.28. The maximum atomic E-state index is 10.2. The zero-order chi connectivity index (χ0) is 67.2. The van der Waals surface area contributed by atoms with E-state index in [9.17, 15) is 16.4 Å². The van der Waals surface area contributed by atoms with Crippen molar-refractivity contribution in [2.45, 2.75) is 19.1 Å². The summed E-state index contributed by atoms with van der Waals surface area (Å²) in [5.41, 5.74) is -20.1. The molecule has 0 atom stereocenters. The molecule has 9 rings (SSSR count). The zero-order valence-corrected chi connectivity index (χ0v) is 25.4. The Morgan fingerprint density at radius 3 is 1.75 bits per heavy atom. The number of para-hydroxylation sites is 3. The Labute approximate surface area is 353 Å². The second-order valence-corrected chi connectivity index (χ2v) is 10.5. The first-order chi connectivity index (χ1) is 40.9. The highest BCUT2D eigenvalue weighted by molar-refractivity contribution is 6.07. The van der Waals surface area contributed by atoms with Gasteiger partial charge in [-0.05, 0) is 81.5 Å². The maximum Gasteiger partial charge on any atom is 0.0652 e.